The van der Waals surface area contributed by atoms with E-state index in [9.17, 15) is 0 Å². The lowest BCUT2D eigenvalue weighted by Crippen LogP contribution is -2.22. The highest BCUT2D eigenvalue weighted by Gasteiger charge is 2.23. The summed E-state index contributed by atoms with van der Waals surface area (Å²) < 4.78 is 3.10. The molecule has 0 aromatic carbocycles. The predicted octanol–water partition coefficient (Wildman–Crippen LogP) is 3.13. The van der Waals surface area contributed by atoms with Gasteiger partial charge in [-0.25, -0.2) is 4.98 Å². The van der Waals surface area contributed by atoms with E-state index in [-0.39, 0.29) is 6.04 Å². The fraction of sp³-hybridized carbons (Fsp3) is 0.500. The van der Waals surface area contributed by atoms with Crippen molar-refractivity contribution in [2.75, 3.05) is 7.05 Å². The van der Waals surface area contributed by atoms with Gasteiger partial charge in [0.2, 0.25) is 0 Å². The predicted molar refractivity (Wildman–Crippen MR) is 78.0 cm³/mol. The molecule has 6 heteroatoms. The van der Waals surface area contributed by atoms with Gasteiger partial charge in [0.05, 0.1) is 38.5 Å². The lowest BCUT2D eigenvalue weighted by molar-refractivity contribution is 0.535. The number of rotatable bonds is 5. The Bertz CT molecular complexity index is 520. The van der Waals surface area contributed by atoms with Crippen molar-refractivity contribution in [1.82, 2.24) is 20.1 Å². The molecule has 0 saturated heterocycles. The molecule has 98 valence electrons. The van der Waals surface area contributed by atoms with Crippen LogP contribution in [-0.2, 0) is 6.54 Å². The van der Waals surface area contributed by atoms with Gasteiger partial charge in [-0.1, -0.05) is 6.92 Å². The van der Waals surface area contributed by atoms with E-state index in [4.69, 9.17) is 0 Å². The summed E-state index contributed by atoms with van der Waals surface area (Å²) >= 11 is 5.28. The molecular formula is C12H17BrN4S. The molecule has 0 bridgehead atoms. The standard InChI is InChI=1S/C12H17BrN4S/c1-4-5-17-11(9(13)6-16-17)10(14-3)12-8(2)15-7-18-12/h6-7,10,14H,4-5H2,1-3H3. The second kappa shape index (κ2) is 5.95. The zero-order valence-electron chi connectivity index (χ0n) is 10.8. The van der Waals surface area contributed by atoms with Crippen LogP contribution in [-0.4, -0.2) is 21.8 Å². The largest absolute Gasteiger partial charge is 0.307 e. The summed E-state index contributed by atoms with van der Waals surface area (Å²) in [6, 6.07) is 0.140. The number of nitrogens with zero attached hydrogens (tertiary/aromatic N) is 3. The van der Waals surface area contributed by atoms with Crippen molar-refractivity contribution < 1.29 is 0 Å². The Balaban J connectivity index is 2.45. The van der Waals surface area contributed by atoms with Crippen LogP contribution in [0.2, 0.25) is 0 Å². The number of nitrogens with one attached hydrogen (secondary N) is 1. The SMILES string of the molecule is CCCn1ncc(Br)c1C(NC)c1scnc1C. The van der Waals surface area contributed by atoms with Crippen LogP contribution in [0, 0.1) is 6.92 Å². The average Bonchev–Trinajstić information content (AvgIpc) is 2.91. The van der Waals surface area contributed by atoms with Gasteiger partial charge in [0, 0.05) is 6.54 Å². The molecule has 0 aliphatic heterocycles. The van der Waals surface area contributed by atoms with Crippen molar-refractivity contribution in [2.24, 2.45) is 0 Å². The van der Waals surface area contributed by atoms with Gasteiger partial charge in [-0.2, -0.15) is 5.10 Å². The molecule has 18 heavy (non-hydrogen) atoms. The maximum Gasteiger partial charge on any atom is 0.0869 e. The first kappa shape index (κ1) is 13.7. The number of thiazole rings is 1. The maximum atomic E-state index is 4.43. The van der Waals surface area contributed by atoms with Gasteiger partial charge in [-0.05, 0) is 36.3 Å². The highest BCUT2D eigenvalue weighted by molar-refractivity contribution is 9.10. The van der Waals surface area contributed by atoms with Crippen LogP contribution in [0.1, 0.15) is 35.7 Å². The maximum absolute atomic E-state index is 4.43. The Hall–Kier alpha value is -0.720. The smallest absolute Gasteiger partial charge is 0.0869 e. The van der Waals surface area contributed by atoms with Gasteiger partial charge >= 0.3 is 0 Å². The van der Waals surface area contributed by atoms with Crippen molar-refractivity contribution in [2.45, 2.75) is 32.9 Å². The van der Waals surface area contributed by atoms with Crippen molar-refractivity contribution >= 4 is 27.3 Å². The Kier molecular flexibility index (Phi) is 4.53. The molecule has 1 N–H and O–H groups in total. The quantitative estimate of drug-likeness (QED) is 0.916. The van der Waals surface area contributed by atoms with Crippen LogP contribution in [0.3, 0.4) is 0 Å². The minimum absolute atomic E-state index is 0.140. The Morgan fingerprint density at radius 2 is 2.33 bits per heavy atom. The molecule has 0 amide bonds. The van der Waals surface area contributed by atoms with Crippen molar-refractivity contribution in [3.8, 4) is 0 Å². The first-order valence-electron chi connectivity index (χ1n) is 5.97. The third-order valence-corrected chi connectivity index (χ3v) is 4.48. The minimum Gasteiger partial charge on any atom is -0.307 e. The number of aryl methyl sites for hydroxylation is 2. The van der Waals surface area contributed by atoms with E-state index in [1.807, 2.05) is 25.7 Å². The molecule has 1 unspecified atom stereocenters. The van der Waals surface area contributed by atoms with E-state index in [2.05, 4.69) is 42.9 Å². The summed E-state index contributed by atoms with van der Waals surface area (Å²) in [5.74, 6) is 0. The summed E-state index contributed by atoms with van der Waals surface area (Å²) in [4.78, 5) is 5.58. The van der Waals surface area contributed by atoms with E-state index in [1.165, 1.54) is 10.6 Å². The monoisotopic (exact) mass is 328 g/mol. The highest BCUT2D eigenvalue weighted by atomic mass is 79.9. The number of hydrogen-bond donors (Lipinski definition) is 1. The molecule has 0 aliphatic rings. The first-order chi connectivity index (χ1) is 8.69. The Morgan fingerprint density at radius 1 is 1.56 bits per heavy atom. The molecule has 0 aliphatic carbocycles. The molecule has 2 rings (SSSR count). The summed E-state index contributed by atoms with van der Waals surface area (Å²) in [6.07, 6.45) is 2.94. The fourth-order valence-electron chi connectivity index (χ4n) is 2.03. The molecule has 4 nitrogen and oxygen atoms in total. The van der Waals surface area contributed by atoms with Crippen LogP contribution in [0.5, 0.6) is 0 Å². The topological polar surface area (TPSA) is 42.7 Å². The van der Waals surface area contributed by atoms with Gasteiger partial charge in [-0.3, -0.25) is 4.68 Å². The molecule has 1 atom stereocenters. The van der Waals surface area contributed by atoms with Crippen molar-refractivity contribution in [3.05, 3.63) is 32.4 Å². The molecule has 0 fully saturated rings. The van der Waals surface area contributed by atoms with Crippen LogP contribution in [0.15, 0.2) is 16.2 Å². The van der Waals surface area contributed by atoms with Crippen LogP contribution in [0.4, 0.5) is 0 Å². The van der Waals surface area contributed by atoms with Gasteiger partial charge < -0.3 is 5.32 Å². The lowest BCUT2D eigenvalue weighted by Gasteiger charge is -2.18. The summed E-state index contributed by atoms with van der Waals surface area (Å²) in [6.45, 7) is 5.13. The van der Waals surface area contributed by atoms with Crippen LogP contribution in [0.25, 0.3) is 0 Å². The molecule has 0 radical (unpaired) electrons. The van der Waals surface area contributed by atoms with E-state index in [0.717, 1.165) is 23.1 Å². The average molecular weight is 329 g/mol. The lowest BCUT2D eigenvalue weighted by atomic mass is 10.1. The van der Waals surface area contributed by atoms with Crippen molar-refractivity contribution in [1.29, 1.82) is 0 Å². The molecule has 0 spiro atoms. The first-order valence-corrected chi connectivity index (χ1v) is 7.64. The van der Waals surface area contributed by atoms with Gasteiger partial charge in [0.1, 0.15) is 0 Å². The van der Waals surface area contributed by atoms with Gasteiger partial charge in [0.15, 0.2) is 0 Å². The van der Waals surface area contributed by atoms with Gasteiger partial charge in [0.25, 0.3) is 0 Å². The third kappa shape index (κ3) is 2.50. The Morgan fingerprint density at radius 3 is 2.89 bits per heavy atom. The van der Waals surface area contributed by atoms with Gasteiger partial charge in [-0.15, -0.1) is 11.3 Å². The van der Waals surface area contributed by atoms with E-state index in [1.54, 1.807) is 11.3 Å². The highest BCUT2D eigenvalue weighted by Crippen LogP contribution is 2.32. The second-order valence-electron chi connectivity index (χ2n) is 4.12. The minimum atomic E-state index is 0.140. The fourth-order valence-corrected chi connectivity index (χ4v) is 3.47. The van der Waals surface area contributed by atoms with E-state index < -0.39 is 0 Å². The molecule has 2 aromatic rings. The zero-order valence-corrected chi connectivity index (χ0v) is 13.2. The Labute approximate surface area is 120 Å². The molecule has 2 heterocycles. The molecular weight excluding hydrogens is 312 g/mol. The summed E-state index contributed by atoms with van der Waals surface area (Å²) in [5, 5.41) is 7.79. The zero-order chi connectivity index (χ0) is 13.1. The number of aromatic nitrogens is 3. The molecule has 0 saturated carbocycles. The van der Waals surface area contributed by atoms with E-state index in [0.29, 0.717) is 0 Å². The number of hydrogen-bond acceptors (Lipinski definition) is 4. The summed E-state index contributed by atoms with van der Waals surface area (Å²) in [7, 11) is 1.97. The molecule has 2 aromatic heterocycles. The van der Waals surface area contributed by atoms with Crippen LogP contribution >= 0.6 is 27.3 Å². The second-order valence-corrected chi connectivity index (χ2v) is 5.87. The van der Waals surface area contributed by atoms with Crippen molar-refractivity contribution in [3.63, 3.8) is 0 Å². The van der Waals surface area contributed by atoms with E-state index >= 15 is 0 Å². The summed E-state index contributed by atoms with van der Waals surface area (Å²) in [5.41, 5.74) is 4.14. The van der Waals surface area contributed by atoms with Crippen LogP contribution < -0.4 is 5.32 Å². The number of halogens is 1. The third-order valence-electron chi connectivity index (χ3n) is 2.88. The normalized spacial score (nSPS) is 12.9.